The fourth-order valence-corrected chi connectivity index (χ4v) is 1.98. The molecular weight excluding hydrogens is 236 g/mol. The van der Waals surface area contributed by atoms with Gasteiger partial charge in [0.25, 0.3) is 0 Å². The number of hydrogen-bond donors (Lipinski definition) is 2. The first kappa shape index (κ1) is 11.6. The highest BCUT2D eigenvalue weighted by atomic mass is 15.3. The zero-order valence-corrected chi connectivity index (χ0v) is 10.6. The lowest BCUT2D eigenvalue weighted by Crippen LogP contribution is -2.00. The van der Waals surface area contributed by atoms with Crippen LogP contribution in [0, 0.1) is 0 Å². The average molecular weight is 252 g/mol. The summed E-state index contributed by atoms with van der Waals surface area (Å²) in [6.07, 6.45) is 7.80. The highest BCUT2D eigenvalue weighted by molar-refractivity contribution is 5.39. The van der Waals surface area contributed by atoms with Gasteiger partial charge >= 0.3 is 0 Å². The van der Waals surface area contributed by atoms with Crippen molar-refractivity contribution in [2.45, 2.75) is 13.1 Å². The van der Waals surface area contributed by atoms with Gasteiger partial charge in [-0.25, -0.2) is 0 Å². The van der Waals surface area contributed by atoms with Gasteiger partial charge in [0.2, 0.25) is 0 Å². The SMILES string of the molecule is c1ccc(Cn2cc(NCc3cc[nH]c3)cn2)cc1. The molecule has 0 aliphatic heterocycles. The number of aromatic amines is 1. The van der Waals surface area contributed by atoms with Gasteiger partial charge in [-0.2, -0.15) is 5.10 Å². The van der Waals surface area contributed by atoms with E-state index in [9.17, 15) is 0 Å². The molecule has 0 aliphatic rings. The number of anilines is 1. The summed E-state index contributed by atoms with van der Waals surface area (Å²) in [7, 11) is 0. The van der Waals surface area contributed by atoms with Crippen LogP contribution in [-0.2, 0) is 13.1 Å². The van der Waals surface area contributed by atoms with E-state index in [1.54, 1.807) is 0 Å². The maximum atomic E-state index is 4.36. The Bertz CT molecular complexity index is 611. The summed E-state index contributed by atoms with van der Waals surface area (Å²) in [6, 6.07) is 12.4. The highest BCUT2D eigenvalue weighted by Gasteiger charge is 1.99. The number of aromatic nitrogens is 3. The minimum absolute atomic E-state index is 0.798. The Morgan fingerprint density at radius 1 is 1.11 bits per heavy atom. The van der Waals surface area contributed by atoms with Crippen LogP contribution in [0.5, 0.6) is 0 Å². The molecule has 19 heavy (non-hydrogen) atoms. The van der Waals surface area contributed by atoms with E-state index in [0.717, 1.165) is 18.8 Å². The van der Waals surface area contributed by atoms with Crippen LogP contribution >= 0.6 is 0 Å². The first-order valence-electron chi connectivity index (χ1n) is 6.32. The Balaban J connectivity index is 1.60. The molecule has 2 N–H and O–H groups in total. The van der Waals surface area contributed by atoms with E-state index in [4.69, 9.17) is 0 Å². The summed E-state index contributed by atoms with van der Waals surface area (Å²) in [4.78, 5) is 3.04. The molecule has 3 aromatic rings. The van der Waals surface area contributed by atoms with Gasteiger partial charge in [-0.3, -0.25) is 4.68 Å². The van der Waals surface area contributed by atoms with Gasteiger partial charge < -0.3 is 10.3 Å². The van der Waals surface area contributed by atoms with Crippen LogP contribution in [0.2, 0.25) is 0 Å². The lowest BCUT2D eigenvalue weighted by atomic mass is 10.2. The van der Waals surface area contributed by atoms with E-state index >= 15 is 0 Å². The third kappa shape index (κ3) is 3.04. The van der Waals surface area contributed by atoms with Crippen LogP contribution in [0.1, 0.15) is 11.1 Å². The molecule has 0 unspecified atom stereocenters. The molecule has 0 fully saturated rings. The van der Waals surface area contributed by atoms with Crippen LogP contribution < -0.4 is 5.32 Å². The van der Waals surface area contributed by atoms with Crippen molar-refractivity contribution in [2.24, 2.45) is 0 Å². The molecule has 4 nitrogen and oxygen atoms in total. The summed E-state index contributed by atoms with van der Waals surface area (Å²) in [5.41, 5.74) is 3.52. The topological polar surface area (TPSA) is 45.6 Å². The van der Waals surface area contributed by atoms with Crippen LogP contribution in [-0.4, -0.2) is 14.8 Å². The van der Waals surface area contributed by atoms with Crippen molar-refractivity contribution in [3.05, 3.63) is 72.3 Å². The van der Waals surface area contributed by atoms with Crippen molar-refractivity contribution in [3.63, 3.8) is 0 Å². The van der Waals surface area contributed by atoms with E-state index < -0.39 is 0 Å². The molecule has 0 bridgehead atoms. The summed E-state index contributed by atoms with van der Waals surface area (Å²) in [5, 5.41) is 7.71. The lowest BCUT2D eigenvalue weighted by Gasteiger charge is -2.02. The van der Waals surface area contributed by atoms with Gasteiger partial charge in [0, 0.05) is 25.1 Å². The van der Waals surface area contributed by atoms with E-state index in [0.29, 0.717) is 0 Å². The zero-order chi connectivity index (χ0) is 12.9. The number of rotatable bonds is 5. The minimum atomic E-state index is 0.798. The zero-order valence-electron chi connectivity index (χ0n) is 10.6. The molecule has 96 valence electrons. The molecule has 0 amide bonds. The van der Waals surface area contributed by atoms with Crippen molar-refractivity contribution >= 4 is 5.69 Å². The Morgan fingerprint density at radius 3 is 2.79 bits per heavy atom. The molecule has 0 radical (unpaired) electrons. The maximum absolute atomic E-state index is 4.36. The third-order valence-electron chi connectivity index (χ3n) is 2.98. The highest BCUT2D eigenvalue weighted by Crippen LogP contribution is 2.09. The van der Waals surface area contributed by atoms with Crippen molar-refractivity contribution in [3.8, 4) is 0 Å². The van der Waals surface area contributed by atoms with E-state index in [2.05, 4.69) is 33.6 Å². The smallest absolute Gasteiger partial charge is 0.0729 e. The number of hydrogen-bond acceptors (Lipinski definition) is 2. The summed E-state index contributed by atoms with van der Waals surface area (Å²) < 4.78 is 1.94. The quantitative estimate of drug-likeness (QED) is 0.733. The number of H-pyrrole nitrogens is 1. The van der Waals surface area contributed by atoms with Gasteiger partial charge in [0.05, 0.1) is 18.4 Å². The summed E-state index contributed by atoms with van der Waals surface area (Å²) >= 11 is 0. The molecule has 2 heterocycles. The number of benzene rings is 1. The molecule has 2 aromatic heterocycles. The van der Waals surface area contributed by atoms with Crippen LogP contribution in [0.25, 0.3) is 0 Å². The Morgan fingerprint density at radius 2 is 2.00 bits per heavy atom. The molecule has 0 spiro atoms. The molecule has 0 saturated heterocycles. The Labute approximate surface area is 112 Å². The van der Waals surface area contributed by atoms with Crippen molar-refractivity contribution in [2.75, 3.05) is 5.32 Å². The predicted octanol–water partition coefficient (Wildman–Crippen LogP) is 2.87. The van der Waals surface area contributed by atoms with Gasteiger partial charge in [0.15, 0.2) is 0 Å². The predicted molar refractivity (Wildman–Crippen MR) is 75.9 cm³/mol. The first-order valence-corrected chi connectivity index (χ1v) is 6.32. The molecular formula is C15H16N4. The van der Waals surface area contributed by atoms with Gasteiger partial charge in [-0.1, -0.05) is 30.3 Å². The second-order valence-electron chi connectivity index (χ2n) is 4.48. The van der Waals surface area contributed by atoms with Crippen LogP contribution in [0.3, 0.4) is 0 Å². The van der Waals surface area contributed by atoms with E-state index in [1.165, 1.54) is 11.1 Å². The molecule has 0 atom stereocenters. The van der Waals surface area contributed by atoms with Crippen LogP contribution in [0.4, 0.5) is 5.69 Å². The standard InChI is InChI=1S/C15H16N4/c1-2-4-13(5-3-1)11-19-12-15(10-18-19)17-9-14-6-7-16-8-14/h1-8,10,12,16-17H,9,11H2. The molecule has 0 saturated carbocycles. The third-order valence-corrected chi connectivity index (χ3v) is 2.98. The summed E-state index contributed by atoms with van der Waals surface area (Å²) in [5.74, 6) is 0. The molecule has 4 heteroatoms. The lowest BCUT2D eigenvalue weighted by molar-refractivity contribution is 0.687. The van der Waals surface area contributed by atoms with Crippen molar-refractivity contribution < 1.29 is 0 Å². The van der Waals surface area contributed by atoms with Crippen molar-refractivity contribution in [1.29, 1.82) is 0 Å². The normalized spacial score (nSPS) is 10.5. The fourth-order valence-electron chi connectivity index (χ4n) is 1.98. The number of nitrogens with one attached hydrogen (secondary N) is 2. The molecule has 3 rings (SSSR count). The summed E-state index contributed by atoms with van der Waals surface area (Å²) in [6.45, 7) is 1.60. The molecule has 0 aliphatic carbocycles. The van der Waals surface area contributed by atoms with Gasteiger partial charge in [-0.15, -0.1) is 0 Å². The average Bonchev–Trinajstić information content (AvgIpc) is 3.09. The van der Waals surface area contributed by atoms with Gasteiger partial charge in [0.1, 0.15) is 0 Å². The minimum Gasteiger partial charge on any atom is -0.378 e. The van der Waals surface area contributed by atoms with Gasteiger partial charge in [-0.05, 0) is 17.2 Å². The van der Waals surface area contributed by atoms with Crippen molar-refractivity contribution in [1.82, 2.24) is 14.8 Å². The maximum Gasteiger partial charge on any atom is 0.0729 e. The van der Waals surface area contributed by atoms with E-state index in [1.807, 2.05) is 47.7 Å². The second-order valence-corrected chi connectivity index (χ2v) is 4.48. The molecule has 1 aromatic carbocycles. The largest absolute Gasteiger partial charge is 0.378 e. The van der Waals surface area contributed by atoms with Crippen LogP contribution in [0.15, 0.2) is 61.2 Å². The second kappa shape index (κ2) is 5.44. The number of nitrogens with zero attached hydrogens (tertiary/aromatic N) is 2. The Kier molecular flexibility index (Phi) is 3.32. The Hall–Kier alpha value is -2.49. The fraction of sp³-hybridized carbons (Fsp3) is 0.133. The first-order chi connectivity index (χ1) is 9.40. The van der Waals surface area contributed by atoms with E-state index in [-0.39, 0.29) is 0 Å². The monoisotopic (exact) mass is 252 g/mol.